The van der Waals surface area contributed by atoms with Crippen LogP contribution in [-0.2, 0) is 0 Å². The monoisotopic (exact) mass is 205 g/mol. The summed E-state index contributed by atoms with van der Waals surface area (Å²) in [6.45, 7) is 1.60. The highest BCUT2D eigenvalue weighted by Gasteiger charge is 2.13. The molecular formula is C9H10F3NO. The van der Waals surface area contributed by atoms with Gasteiger partial charge in [-0.15, -0.1) is 0 Å². The Kier molecular flexibility index (Phi) is 3.35. The molecule has 5 heteroatoms. The Morgan fingerprint density at radius 1 is 1.29 bits per heavy atom. The largest absolute Gasteiger partial charge is 0.486 e. The molecule has 0 amide bonds. The maximum atomic E-state index is 12.9. The van der Waals surface area contributed by atoms with Crippen molar-refractivity contribution in [2.24, 2.45) is 5.73 Å². The Morgan fingerprint density at radius 3 is 2.21 bits per heavy atom. The van der Waals surface area contributed by atoms with Gasteiger partial charge in [-0.2, -0.15) is 0 Å². The topological polar surface area (TPSA) is 35.2 Å². The third kappa shape index (κ3) is 2.63. The van der Waals surface area contributed by atoms with Gasteiger partial charge in [0.15, 0.2) is 17.4 Å². The number of nitrogens with two attached hydrogens (primary N) is 1. The maximum absolute atomic E-state index is 12.9. The van der Waals surface area contributed by atoms with Gasteiger partial charge in [-0.05, 0) is 6.92 Å². The van der Waals surface area contributed by atoms with Crippen LogP contribution in [0.4, 0.5) is 13.2 Å². The number of halogens is 3. The third-order valence-corrected chi connectivity index (χ3v) is 1.45. The number of rotatable bonds is 3. The van der Waals surface area contributed by atoms with Crippen molar-refractivity contribution in [2.75, 3.05) is 6.61 Å². The average molecular weight is 205 g/mol. The van der Waals surface area contributed by atoms with E-state index in [1.165, 1.54) is 0 Å². The molecule has 1 aromatic carbocycles. The van der Waals surface area contributed by atoms with Crippen molar-refractivity contribution in [3.63, 3.8) is 0 Å². The summed E-state index contributed by atoms with van der Waals surface area (Å²) in [6, 6.07) is 0.762. The molecule has 0 aliphatic rings. The predicted octanol–water partition coefficient (Wildman–Crippen LogP) is 1.83. The summed E-state index contributed by atoms with van der Waals surface area (Å²) in [5.74, 6) is -3.71. The van der Waals surface area contributed by atoms with Gasteiger partial charge in [0, 0.05) is 18.2 Å². The Morgan fingerprint density at radius 2 is 1.79 bits per heavy atom. The van der Waals surface area contributed by atoms with E-state index in [0.717, 1.165) is 0 Å². The summed E-state index contributed by atoms with van der Waals surface area (Å²) < 4.78 is 43.0. The first-order valence-electron chi connectivity index (χ1n) is 4.03. The van der Waals surface area contributed by atoms with E-state index in [4.69, 9.17) is 10.5 Å². The molecule has 0 saturated heterocycles. The molecule has 1 atom stereocenters. The molecule has 1 aromatic rings. The van der Waals surface area contributed by atoms with Gasteiger partial charge < -0.3 is 10.5 Å². The van der Waals surface area contributed by atoms with E-state index >= 15 is 0 Å². The lowest BCUT2D eigenvalue weighted by Crippen LogP contribution is -2.24. The van der Waals surface area contributed by atoms with Crippen molar-refractivity contribution in [3.05, 3.63) is 29.6 Å². The Labute approximate surface area is 79.5 Å². The second-order valence-corrected chi connectivity index (χ2v) is 2.99. The number of benzene rings is 1. The molecule has 0 fully saturated rings. The van der Waals surface area contributed by atoms with E-state index in [1.807, 2.05) is 0 Å². The van der Waals surface area contributed by atoms with Crippen molar-refractivity contribution >= 4 is 0 Å². The van der Waals surface area contributed by atoms with Crippen LogP contribution >= 0.6 is 0 Å². The van der Waals surface area contributed by atoms with E-state index in [1.54, 1.807) is 6.92 Å². The lowest BCUT2D eigenvalue weighted by atomic mass is 10.3. The average Bonchev–Trinajstić information content (AvgIpc) is 2.01. The second-order valence-electron chi connectivity index (χ2n) is 2.99. The zero-order valence-corrected chi connectivity index (χ0v) is 7.56. The summed E-state index contributed by atoms with van der Waals surface area (Å²) >= 11 is 0. The molecule has 78 valence electrons. The lowest BCUT2D eigenvalue weighted by molar-refractivity contribution is 0.267. The van der Waals surface area contributed by atoms with E-state index < -0.39 is 23.2 Å². The molecular weight excluding hydrogens is 195 g/mol. The SMILES string of the molecule is CC(N)COc1c(F)cc(F)cc1F. The Hall–Kier alpha value is -1.23. The zero-order valence-electron chi connectivity index (χ0n) is 7.56. The molecule has 1 rings (SSSR count). The summed E-state index contributed by atoms with van der Waals surface area (Å²) in [5, 5.41) is 0. The highest BCUT2D eigenvalue weighted by atomic mass is 19.1. The molecule has 14 heavy (non-hydrogen) atoms. The first kappa shape index (κ1) is 10.8. The van der Waals surface area contributed by atoms with Crippen molar-refractivity contribution in [3.8, 4) is 5.75 Å². The van der Waals surface area contributed by atoms with Crippen LogP contribution in [0.15, 0.2) is 12.1 Å². The van der Waals surface area contributed by atoms with Gasteiger partial charge in [0.1, 0.15) is 12.4 Å². The molecule has 0 spiro atoms. The third-order valence-electron chi connectivity index (χ3n) is 1.45. The number of hydrogen-bond acceptors (Lipinski definition) is 2. The molecule has 2 N–H and O–H groups in total. The normalized spacial score (nSPS) is 12.6. The quantitative estimate of drug-likeness (QED) is 0.817. The van der Waals surface area contributed by atoms with E-state index in [-0.39, 0.29) is 12.6 Å². The Balaban J connectivity index is 2.86. The van der Waals surface area contributed by atoms with Crippen LogP contribution in [0.3, 0.4) is 0 Å². The number of hydrogen-bond donors (Lipinski definition) is 1. The molecule has 1 unspecified atom stereocenters. The molecule has 0 bridgehead atoms. The van der Waals surface area contributed by atoms with Gasteiger partial charge in [0.2, 0.25) is 0 Å². The predicted molar refractivity (Wildman–Crippen MR) is 45.5 cm³/mol. The standard InChI is InChI=1S/C9H10F3NO/c1-5(13)4-14-9-7(11)2-6(10)3-8(9)12/h2-3,5H,4,13H2,1H3. The first-order chi connectivity index (χ1) is 6.50. The molecule has 0 aliphatic carbocycles. The second kappa shape index (κ2) is 4.32. The van der Waals surface area contributed by atoms with Gasteiger partial charge in [0.05, 0.1) is 0 Å². The van der Waals surface area contributed by atoms with Crippen LogP contribution in [-0.4, -0.2) is 12.6 Å². The minimum atomic E-state index is -1.07. The first-order valence-corrected chi connectivity index (χ1v) is 4.03. The van der Waals surface area contributed by atoms with Crippen LogP contribution < -0.4 is 10.5 Å². The van der Waals surface area contributed by atoms with Crippen molar-refractivity contribution in [2.45, 2.75) is 13.0 Å². The highest BCUT2D eigenvalue weighted by Crippen LogP contribution is 2.22. The van der Waals surface area contributed by atoms with Crippen LogP contribution in [0.2, 0.25) is 0 Å². The molecule has 0 aliphatic heterocycles. The van der Waals surface area contributed by atoms with E-state index in [2.05, 4.69) is 0 Å². The minimum Gasteiger partial charge on any atom is -0.486 e. The van der Waals surface area contributed by atoms with Crippen molar-refractivity contribution < 1.29 is 17.9 Å². The fourth-order valence-corrected chi connectivity index (χ4v) is 0.882. The van der Waals surface area contributed by atoms with Gasteiger partial charge in [-0.25, -0.2) is 13.2 Å². The summed E-state index contributed by atoms with van der Waals surface area (Å²) in [4.78, 5) is 0. The van der Waals surface area contributed by atoms with Crippen molar-refractivity contribution in [1.82, 2.24) is 0 Å². The molecule has 0 heterocycles. The fourth-order valence-electron chi connectivity index (χ4n) is 0.882. The van der Waals surface area contributed by atoms with Gasteiger partial charge in [0.25, 0.3) is 0 Å². The summed E-state index contributed by atoms with van der Waals surface area (Å²) in [5.41, 5.74) is 5.33. The lowest BCUT2D eigenvalue weighted by Gasteiger charge is -2.10. The van der Waals surface area contributed by atoms with Gasteiger partial charge in [-0.1, -0.05) is 0 Å². The van der Waals surface area contributed by atoms with E-state index in [0.29, 0.717) is 12.1 Å². The van der Waals surface area contributed by atoms with Crippen LogP contribution in [0.5, 0.6) is 5.75 Å². The van der Waals surface area contributed by atoms with Crippen LogP contribution in [0.1, 0.15) is 6.92 Å². The van der Waals surface area contributed by atoms with Gasteiger partial charge >= 0.3 is 0 Å². The maximum Gasteiger partial charge on any atom is 0.190 e. The highest BCUT2D eigenvalue weighted by molar-refractivity contribution is 5.26. The number of ether oxygens (including phenoxy) is 1. The molecule has 0 saturated carbocycles. The fraction of sp³-hybridized carbons (Fsp3) is 0.333. The summed E-state index contributed by atoms with van der Waals surface area (Å²) in [7, 11) is 0. The Bertz CT molecular complexity index is 305. The molecule has 0 aromatic heterocycles. The van der Waals surface area contributed by atoms with Gasteiger partial charge in [-0.3, -0.25) is 0 Å². The zero-order chi connectivity index (χ0) is 10.7. The van der Waals surface area contributed by atoms with Crippen LogP contribution in [0, 0.1) is 17.5 Å². The molecule has 2 nitrogen and oxygen atoms in total. The summed E-state index contributed by atoms with van der Waals surface area (Å²) in [6.07, 6.45) is 0. The minimum absolute atomic E-state index is 0.0283. The smallest absolute Gasteiger partial charge is 0.190 e. The van der Waals surface area contributed by atoms with Crippen molar-refractivity contribution in [1.29, 1.82) is 0 Å². The molecule has 0 radical (unpaired) electrons. The van der Waals surface area contributed by atoms with E-state index in [9.17, 15) is 13.2 Å². The van der Waals surface area contributed by atoms with Crippen LogP contribution in [0.25, 0.3) is 0 Å².